The summed E-state index contributed by atoms with van der Waals surface area (Å²) < 4.78 is 44.5. The minimum atomic E-state index is -4.34. The lowest BCUT2D eigenvalue weighted by atomic mass is 9.97. The molecule has 1 aliphatic rings. The molecule has 0 bridgehead atoms. The number of allylic oxidation sites excluding steroid dienone is 5. The van der Waals surface area contributed by atoms with Crippen molar-refractivity contribution < 1.29 is 27.8 Å². The molecule has 0 amide bonds. The summed E-state index contributed by atoms with van der Waals surface area (Å²) >= 11 is 0. The van der Waals surface area contributed by atoms with Crippen molar-refractivity contribution in [2.75, 3.05) is 13.2 Å². The summed E-state index contributed by atoms with van der Waals surface area (Å²) in [5.74, 6) is -0.211. The maximum absolute atomic E-state index is 13.0. The third-order valence-corrected chi connectivity index (χ3v) is 6.33. The molecular weight excluding hydrogens is 479 g/mol. The van der Waals surface area contributed by atoms with E-state index in [-0.39, 0.29) is 13.0 Å². The number of rotatable bonds is 11. The van der Waals surface area contributed by atoms with E-state index >= 15 is 0 Å². The Morgan fingerprint density at radius 2 is 1.78 bits per heavy atom. The number of carboxylic acid groups (broad SMARTS) is 1. The standard InChI is InChI=1S/C30H34F3NO3/c1-4-16-34(20-24-11-14-28(21(2)18-24)37-17-15-29(35)36)27-8-6-5-7-25(22(27)3)19-23-9-12-26(13-10-23)30(31,32)33/h5,7-14,18H,4,6,15-17,19-20H2,1-3H3,(H,35,36). The van der Waals surface area contributed by atoms with Gasteiger partial charge in [-0.15, -0.1) is 0 Å². The van der Waals surface area contributed by atoms with E-state index in [4.69, 9.17) is 9.84 Å². The number of ether oxygens (including phenoxy) is 1. The highest BCUT2D eigenvalue weighted by Crippen LogP contribution is 2.31. The van der Waals surface area contributed by atoms with Crippen molar-refractivity contribution >= 4 is 5.97 Å². The van der Waals surface area contributed by atoms with Gasteiger partial charge in [0.25, 0.3) is 0 Å². The average molecular weight is 514 g/mol. The molecule has 0 aliphatic heterocycles. The van der Waals surface area contributed by atoms with Gasteiger partial charge >= 0.3 is 12.1 Å². The van der Waals surface area contributed by atoms with Crippen molar-refractivity contribution in [3.05, 3.63) is 99.8 Å². The van der Waals surface area contributed by atoms with E-state index in [9.17, 15) is 18.0 Å². The van der Waals surface area contributed by atoms with Crippen molar-refractivity contribution in [3.8, 4) is 5.75 Å². The fourth-order valence-corrected chi connectivity index (χ4v) is 4.42. The number of carboxylic acids is 1. The second kappa shape index (κ2) is 12.7. The van der Waals surface area contributed by atoms with Gasteiger partial charge in [-0.3, -0.25) is 4.79 Å². The average Bonchev–Trinajstić information content (AvgIpc) is 3.01. The molecule has 2 aromatic carbocycles. The summed E-state index contributed by atoms with van der Waals surface area (Å²) in [6.45, 7) is 7.84. The van der Waals surface area contributed by atoms with Gasteiger partial charge < -0.3 is 14.7 Å². The summed E-state index contributed by atoms with van der Waals surface area (Å²) in [6, 6.07) is 11.3. The summed E-state index contributed by atoms with van der Waals surface area (Å²) in [6.07, 6.45) is 4.28. The first-order valence-electron chi connectivity index (χ1n) is 12.5. The molecule has 37 heavy (non-hydrogen) atoms. The normalized spacial score (nSPS) is 13.8. The van der Waals surface area contributed by atoms with Gasteiger partial charge in [-0.1, -0.05) is 49.4 Å². The Morgan fingerprint density at radius 1 is 1.08 bits per heavy atom. The topological polar surface area (TPSA) is 49.8 Å². The Bertz CT molecular complexity index is 1180. The van der Waals surface area contributed by atoms with E-state index in [2.05, 4.69) is 43.0 Å². The Morgan fingerprint density at radius 3 is 2.41 bits per heavy atom. The molecule has 0 atom stereocenters. The molecule has 3 rings (SSSR count). The molecule has 2 aromatic rings. The maximum Gasteiger partial charge on any atom is 0.416 e. The van der Waals surface area contributed by atoms with Crippen molar-refractivity contribution in [1.29, 1.82) is 0 Å². The molecule has 7 heteroatoms. The Hall–Kier alpha value is -3.48. The van der Waals surface area contributed by atoms with Crippen LogP contribution in [-0.4, -0.2) is 29.1 Å². The Kier molecular flexibility index (Phi) is 9.61. The van der Waals surface area contributed by atoms with Crippen LogP contribution in [0.3, 0.4) is 0 Å². The molecule has 0 saturated carbocycles. The Balaban J connectivity index is 1.79. The van der Waals surface area contributed by atoms with Crippen LogP contribution in [0.25, 0.3) is 0 Å². The first kappa shape index (κ1) is 28.1. The number of aliphatic carboxylic acids is 1. The first-order chi connectivity index (χ1) is 17.6. The highest BCUT2D eigenvalue weighted by atomic mass is 19.4. The van der Waals surface area contributed by atoms with Crippen LogP contribution in [-0.2, 0) is 23.9 Å². The van der Waals surface area contributed by atoms with Crippen LogP contribution >= 0.6 is 0 Å². The zero-order valence-electron chi connectivity index (χ0n) is 21.6. The third kappa shape index (κ3) is 8.00. The molecule has 4 nitrogen and oxygen atoms in total. The number of hydrogen-bond acceptors (Lipinski definition) is 3. The summed E-state index contributed by atoms with van der Waals surface area (Å²) in [5, 5.41) is 8.82. The van der Waals surface area contributed by atoms with Gasteiger partial charge in [-0.25, -0.2) is 0 Å². The van der Waals surface area contributed by atoms with Gasteiger partial charge in [0.1, 0.15) is 5.75 Å². The quantitative estimate of drug-likeness (QED) is 0.338. The van der Waals surface area contributed by atoms with E-state index in [1.54, 1.807) is 12.1 Å². The van der Waals surface area contributed by atoms with Crippen molar-refractivity contribution in [2.45, 2.75) is 59.2 Å². The van der Waals surface area contributed by atoms with Crippen LogP contribution in [0, 0.1) is 6.92 Å². The summed E-state index contributed by atoms with van der Waals surface area (Å²) in [4.78, 5) is 13.1. The number of halogens is 3. The van der Waals surface area contributed by atoms with Gasteiger partial charge in [-0.2, -0.15) is 13.2 Å². The van der Waals surface area contributed by atoms with Crippen molar-refractivity contribution in [3.63, 3.8) is 0 Å². The lowest BCUT2D eigenvalue weighted by molar-refractivity contribution is -0.138. The first-order valence-corrected chi connectivity index (χ1v) is 12.5. The number of benzene rings is 2. The van der Waals surface area contributed by atoms with Crippen molar-refractivity contribution in [2.24, 2.45) is 0 Å². The third-order valence-electron chi connectivity index (χ3n) is 6.33. The number of aryl methyl sites for hydroxylation is 1. The molecule has 0 heterocycles. The summed E-state index contributed by atoms with van der Waals surface area (Å²) in [5.41, 5.74) is 5.60. The van der Waals surface area contributed by atoms with Crippen LogP contribution in [0.15, 0.2) is 77.5 Å². The van der Waals surface area contributed by atoms with Crippen LogP contribution in [0.5, 0.6) is 5.75 Å². The SMILES string of the molecule is CCCN(Cc1ccc(OCCC(=O)O)c(C)c1)C1=CCC=CC(Cc2ccc(C(F)(F)F)cc2)=C1C. The summed E-state index contributed by atoms with van der Waals surface area (Å²) in [7, 11) is 0. The van der Waals surface area contributed by atoms with Gasteiger partial charge in [0, 0.05) is 18.8 Å². The van der Waals surface area contributed by atoms with Crippen LogP contribution in [0.1, 0.15) is 55.4 Å². The molecule has 1 aliphatic carbocycles. The van der Waals surface area contributed by atoms with Crippen molar-refractivity contribution in [1.82, 2.24) is 4.90 Å². The maximum atomic E-state index is 13.0. The highest BCUT2D eigenvalue weighted by molar-refractivity contribution is 5.66. The molecule has 0 saturated heterocycles. The second-order valence-corrected chi connectivity index (χ2v) is 9.26. The van der Waals surface area contributed by atoms with Crippen LogP contribution in [0.4, 0.5) is 13.2 Å². The minimum Gasteiger partial charge on any atom is -0.493 e. The largest absolute Gasteiger partial charge is 0.493 e. The zero-order valence-corrected chi connectivity index (χ0v) is 21.6. The van der Waals surface area contributed by atoms with E-state index < -0.39 is 17.7 Å². The number of nitrogens with zero attached hydrogens (tertiary/aromatic N) is 1. The number of hydrogen-bond donors (Lipinski definition) is 1. The predicted molar refractivity (Wildman–Crippen MR) is 139 cm³/mol. The van der Waals surface area contributed by atoms with Gasteiger partial charge in [-0.05, 0) is 79.1 Å². The van der Waals surface area contributed by atoms with E-state index in [0.29, 0.717) is 18.7 Å². The smallest absolute Gasteiger partial charge is 0.416 e. The van der Waals surface area contributed by atoms with Gasteiger partial charge in [0.15, 0.2) is 0 Å². The van der Waals surface area contributed by atoms with Crippen LogP contribution in [0.2, 0.25) is 0 Å². The molecule has 198 valence electrons. The van der Waals surface area contributed by atoms with Gasteiger partial charge in [0.05, 0.1) is 18.6 Å². The molecule has 0 unspecified atom stereocenters. The minimum absolute atomic E-state index is 0.0475. The Labute approximate surface area is 216 Å². The van der Waals surface area contributed by atoms with E-state index in [1.165, 1.54) is 0 Å². The predicted octanol–water partition coefficient (Wildman–Crippen LogP) is 7.48. The lowest BCUT2D eigenvalue weighted by Gasteiger charge is -2.29. The number of alkyl halides is 3. The fourth-order valence-electron chi connectivity index (χ4n) is 4.42. The van der Waals surface area contributed by atoms with Gasteiger partial charge in [0.2, 0.25) is 0 Å². The van der Waals surface area contributed by atoms with E-state index in [0.717, 1.165) is 65.1 Å². The highest BCUT2D eigenvalue weighted by Gasteiger charge is 2.30. The molecule has 1 N–H and O–H groups in total. The second-order valence-electron chi connectivity index (χ2n) is 9.26. The molecule has 0 aromatic heterocycles. The number of carbonyl (C=O) groups is 1. The fraction of sp³-hybridized carbons (Fsp3) is 0.367. The lowest BCUT2D eigenvalue weighted by Crippen LogP contribution is -2.25. The van der Waals surface area contributed by atoms with E-state index in [1.807, 2.05) is 19.1 Å². The molecule has 0 fully saturated rings. The molecule has 0 radical (unpaired) electrons. The zero-order chi connectivity index (χ0) is 27.0. The van der Waals surface area contributed by atoms with Crippen LogP contribution < -0.4 is 4.74 Å². The molecule has 0 spiro atoms. The monoisotopic (exact) mass is 513 g/mol. The molecular formula is C30H34F3NO3.